The highest BCUT2D eigenvalue weighted by Gasteiger charge is 2.09. The molecular weight excluding hydrogens is 308 g/mol. The third-order valence-corrected chi connectivity index (χ3v) is 3.91. The Labute approximate surface area is 128 Å². The Kier molecular flexibility index (Phi) is 4.12. The Morgan fingerprint density at radius 1 is 1.19 bits per heavy atom. The molecule has 0 spiro atoms. The van der Waals surface area contributed by atoms with E-state index in [0.29, 0.717) is 11.7 Å². The van der Waals surface area contributed by atoms with Crippen LogP contribution in [0.4, 0.5) is 9.93 Å². The van der Waals surface area contributed by atoms with Crippen LogP contribution >= 0.6 is 23.1 Å². The van der Waals surface area contributed by atoms with Gasteiger partial charge in [0.1, 0.15) is 5.01 Å². The van der Waals surface area contributed by atoms with Gasteiger partial charge in [-0.05, 0) is 0 Å². The van der Waals surface area contributed by atoms with Crippen molar-refractivity contribution in [3.63, 3.8) is 0 Å². The molecule has 7 nitrogen and oxygen atoms in total. The molecule has 21 heavy (non-hydrogen) atoms. The van der Waals surface area contributed by atoms with Crippen LogP contribution in [0.1, 0.15) is 5.69 Å². The van der Waals surface area contributed by atoms with Gasteiger partial charge in [-0.1, -0.05) is 41.7 Å². The summed E-state index contributed by atoms with van der Waals surface area (Å²) in [5.41, 5.74) is 1.69. The lowest BCUT2D eigenvalue weighted by Gasteiger charge is -2.01. The van der Waals surface area contributed by atoms with Gasteiger partial charge in [-0.3, -0.25) is 5.32 Å². The van der Waals surface area contributed by atoms with Gasteiger partial charge in [-0.2, -0.15) is 8.75 Å². The SMILES string of the molecule is O=C(NCc1cnsn1)Nc1nnc(-c2ccccc2)s1. The van der Waals surface area contributed by atoms with E-state index in [-0.39, 0.29) is 6.03 Å². The summed E-state index contributed by atoms with van der Waals surface area (Å²) < 4.78 is 7.86. The van der Waals surface area contributed by atoms with Crippen LogP contribution in [0.5, 0.6) is 0 Å². The van der Waals surface area contributed by atoms with Crippen molar-refractivity contribution in [2.24, 2.45) is 0 Å². The fraction of sp³-hybridized carbons (Fsp3) is 0.0833. The van der Waals surface area contributed by atoms with Crippen molar-refractivity contribution in [2.45, 2.75) is 6.54 Å². The molecule has 0 aliphatic carbocycles. The molecule has 2 N–H and O–H groups in total. The van der Waals surface area contributed by atoms with Gasteiger partial charge in [-0.25, -0.2) is 4.79 Å². The number of amides is 2. The molecule has 0 aliphatic rings. The molecule has 0 unspecified atom stereocenters. The number of hydrogen-bond acceptors (Lipinski definition) is 7. The van der Waals surface area contributed by atoms with Crippen LogP contribution < -0.4 is 10.6 Å². The molecule has 106 valence electrons. The van der Waals surface area contributed by atoms with E-state index in [0.717, 1.165) is 28.0 Å². The average Bonchev–Trinajstić information content (AvgIpc) is 3.17. The fourth-order valence-corrected chi connectivity index (χ4v) is 2.72. The number of urea groups is 1. The van der Waals surface area contributed by atoms with Gasteiger partial charge in [-0.15, -0.1) is 10.2 Å². The van der Waals surface area contributed by atoms with E-state index in [2.05, 4.69) is 29.6 Å². The highest BCUT2D eigenvalue weighted by molar-refractivity contribution is 7.18. The summed E-state index contributed by atoms with van der Waals surface area (Å²) in [7, 11) is 0. The molecule has 3 rings (SSSR count). The van der Waals surface area contributed by atoms with Crippen LogP contribution in [0, 0.1) is 0 Å². The summed E-state index contributed by atoms with van der Waals surface area (Å²) in [6.07, 6.45) is 1.61. The highest BCUT2D eigenvalue weighted by Crippen LogP contribution is 2.25. The number of aromatic nitrogens is 4. The standard InChI is InChI=1S/C12H10N6OS2/c19-11(13-6-9-7-14-21-18-9)15-12-17-16-10(20-12)8-4-2-1-3-5-8/h1-5,7H,6H2,(H2,13,15,17,19). The topological polar surface area (TPSA) is 92.7 Å². The number of anilines is 1. The van der Waals surface area contributed by atoms with Crippen LogP contribution in [0.25, 0.3) is 10.6 Å². The van der Waals surface area contributed by atoms with Crippen molar-refractivity contribution < 1.29 is 4.79 Å². The maximum Gasteiger partial charge on any atom is 0.321 e. The fourth-order valence-electron chi connectivity index (χ4n) is 1.55. The Balaban J connectivity index is 1.58. The van der Waals surface area contributed by atoms with Crippen LogP contribution in [-0.4, -0.2) is 25.0 Å². The zero-order chi connectivity index (χ0) is 14.5. The largest absolute Gasteiger partial charge is 0.332 e. The lowest BCUT2D eigenvalue weighted by molar-refractivity contribution is 0.251. The number of hydrogen-bond donors (Lipinski definition) is 2. The number of benzene rings is 1. The van der Waals surface area contributed by atoms with Gasteiger partial charge in [0.05, 0.1) is 30.2 Å². The number of carbonyl (C=O) groups excluding carboxylic acids is 1. The van der Waals surface area contributed by atoms with Crippen molar-refractivity contribution in [1.29, 1.82) is 0 Å². The van der Waals surface area contributed by atoms with E-state index >= 15 is 0 Å². The van der Waals surface area contributed by atoms with Crippen molar-refractivity contribution in [3.8, 4) is 10.6 Å². The lowest BCUT2D eigenvalue weighted by atomic mass is 10.2. The quantitative estimate of drug-likeness (QED) is 0.770. The van der Waals surface area contributed by atoms with E-state index in [9.17, 15) is 4.79 Å². The zero-order valence-electron chi connectivity index (χ0n) is 10.7. The van der Waals surface area contributed by atoms with Gasteiger partial charge < -0.3 is 5.32 Å². The highest BCUT2D eigenvalue weighted by atomic mass is 32.1. The van der Waals surface area contributed by atoms with Crippen molar-refractivity contribution in [1.82, 2.24) is 24.3 Å². The van der Waals surface area contributed by atoms with Crippen LogP contribution in [0.2, 0.25) is 0 Å². The van der Waals surface area contributed by atoms with Crippen molar-refractivity contribution in [2.75, 3.05) is 5.32 Å². The first kappa shape index (κ1) is 13.6. The molecule has 0 aliphatic heterocycles. The Bertz CT molecular complexity index is 712. The normalized spacial score (nSPS) is 10.3. The minimum atomic E-state index is -0.348. The third-order valence-electron chi connectivity index (χ3n) is 2.50. The number of nitrogens with one attached hydrogen (secondary N) is 2. The number of carbonyl (C=O) groups is 1. The molecule has 3 aromatic rings. The first-order valence-corrected chi connectivity index (χ1v) is 7.56. The second kappa shape index (κ2) is 6.37. The molecule has 0 atom stereocenters. The number of nitrogens with zero attached hydrogens (tertiary/aromatic N) is 4. The molecule has 9 heteroatoms. The maximum absolute atomic E-state index is 11.7. The molecule has 0 bridgehead atoms. The van der Waals surface area contributed by atoms with Crippen molar-refractivity contribution >= 4 is 34.2 Å². The summed E-state index contributed by atoms with van der Waals surface area (Å²) >= 11 is 2.42. The van der Waals surface area contributed by atoms with E-state index < -0.39 is 0 Å². The van der Waals surface area contributed by atoms with Crippen LogP contribution in [-0.2, 0) is 6.54 Å². The first-order chi connectivity index (χ1) is 10.3. The molecule has 0 saturated carbocycles. The summed E-state index contributed by atoms with van der Waals surface area (Å²) in [5, 5.41) is 14.5. The first-order valence-electron chi connectivity index (χ1n) is 6.01. The molecule has 2 aromatic heterocycles. The maximum atomic E-state index is 11.7. The zero-order valence-corrected chi connectivity index (χ0v) is 12.3. The van der Waals surface area contributed by atoms with Gasteiger partial charge in [0.25, 0.3) is 0 Å². The lowest BCUT2D eigenvalue weighted by Crippen LogP contribution is -2.28. The van der Waals surface area contributed by atoms with E-state index in [4.69, 9.17) is 0 Å². The van der Waals surface area contributed by atoms with Crippen LogP contribution in [0.15, 0.2) is 36.5 Å². The molecule has 0 fully saturated rings. The predicted octanol–water partition coefficient (Wildman–Crippen LogP) is 2.38. The Morgan fingerprint density at radius 2 is 2.05 bits per heavy atom. The monoisotopic (exact) mass is 318 g/mol. The van der Waals surface area contributed by atoms with E-state index in [1.54, 1.807) is 6.20 Å². The van der Waals surface area contributed by atoms with E-state index in [1.807, 2.05) is 30.3 Å². The molecule has 1 aromatic carbocycles. The Hall–Kier alpha value is -2.39. The molecule has 2 amide bonds. The minimum Gasteiger partial charge on any atom is -0.332 e. The second-order valence-electron chi connectivity index (χ2n) is 3.98. The Morgan fingerprint density at radius 3 is 2.81 bits per heavy atom. The molecular formula is C12H10N6OS2. The van der Waals surface area contributed by atoms with E-state index in [1.165, 1.54) is 11.3 Å². The predicted molar refractivity (Wildman–Crippen MR) is 81.1 cm³/mol. The molecule has 2 heterocycles. The van der Waals surface area contributed by atoms with Crippen molar-refractivity contribution in [3.05, 3.63) is 42.2 Å². The van der Waals surface area contributed by atoms with Gasteiger partial charge >= 0.3 is 6.03 Å². The summed E-state index contributed by atoms with van der Waals surface area (Å²) in [6, 6.07) is 9.33. The summed E-state index contributed by atoms with van der Waals surface area (Å²) in [4.78, 5) is 11.7. The van der Waals surface area contributed by atoms with Gasteiger partial charge in [0.2, 0.25) is 5.13 Å². The molecule has 0 saturated heterocycles. The summed E-state index contributed by atoms with van der Waals surface area (Å²) in [6.45, 7) is 0.326. The number of rotatable bonds is 4. The summed E-state index contributed by atoms with van der Waals surface area (Å²) in [5.74, 6) is 0. The van der Waals surface area contributed by atoms with Gasteiger partial charge in [0.15, 0.2) is 0 Å². The van der Waals surface area contributed by atoms with Gasteiger partial charge in [0, 0.05) is 5.56 Å². The average molecular weight is 318 g/mol. The van der Waals surface area contributed by atoms with Crippen LogP contribution in [0.3, 0.4) is 0 Å². The molecule has 0 radical (unpaired) electrons. The minimum absolute atomic E-state index is 0.326. The second-order valence-corrected chi connectivity index (χ2v) is 5.52. The smallest absolute Gasteiger partial charge is 0.321 e. The third kappa shape index (κ3) is 3.58.